The summed E-state index contributed by atoms with van der Waals surface area (Å²) in [5.41, 5.74) is 5.01. The van der Waals surface area contributed by atoms with Gasteiger partial charge in [0.15, 0.2) is 0 Å². The van der Waals surface area contributed by atoms with Gasteiger partial charge in [0, 0.05) is 4.88 Å². The Balaban J connectivity index is 2.04. The Hall–Kier alpha value is -2.18. The molecule has 1 aromatic rings. The maximum Gasteiger partial charge on any atom is 0.362 e. The van der Waals surface area contributed by atoms with E-state index in [0.717, 1.165) is 0 Å². The van der Waals surface area contributed by atoms with Crippen molar-refractivity contribution in [3.05, 3.63) is 22.4 Å². The van der Waals surface area contributed by atoms with E-state index in [2.05, 4.69) is 10.6 Å². The molecule has 0 radical (unpaired) electrons. The van der Waals surface area contributed by atoms with E-state index >= 15 is 0 Å². The Bertz CT molecular complexity index is 701. The number of urea groups is 1. The third-order valence-electron chi connectivity index (χ3n) is 2.86. The second kappa shape index (κ2) is 5.90. The molecule has 120 valence electrons. The number of nitrogens with zero attached hydrogens (tertiary/aromatic N) is 1. The van der Waals surface area contributed by atoms with E-state index < -0.39 is 40.2 Å². The zero-order valence-corrected chi connectivity index (χ0v) is 12.6. The summed E-state index contributed by atoms with van der Waals surface area (Å²) in [6.07, 6.45) is 0. The first kappa shape index (κ1) is 16.2. The molecule has 0 aromatic carbocycles. The first-order valence-electron chi connectivity index (χ1n) is 5.89. The van der Waals surface area contributed by atoms with E-state index in [0.29, 0.717) is 4.88 Å². The van der Waals surface area contributed by atoms with Gasteiger partial charge in [-0.2, -0.15) is 8.42 Å². The SMILES string of the molecule is NC(=O)N[C@@H](C(=O)N[C@H]1CN(S(=O)(=O)O)C1=O)c1cccs1. The highest BCUT2D eigenvalue weighted by atomic mass is 32.2. The summed E-state index contributed by atoms with van der Waals surface area (Å²) in [6.45, 7) is -0.378. The number of carbonyl (C=O) groups excluding carboxylic acids is 3. The van der Waals surface area contributed by atoms with Crippen LogP contribution in [0.15, 0.2) is 17.5 Å². The minimum atomic E-state index is -4.62. The predicted octanol–water partition coefficient (Wildman–Crippen LogP) is -1.41. The number of nitrogens with one attached hydrogen (secondary N) is 2. The van der Waals surface area contributed by atoms with Gasteiger partial charge in [0.2, 0.25) is 5.91 Å². The van der Waals surface area contributed by atoms with Crippen LogP contribution in [-0.4, -0.2) is 47.7 Å². The number of amides is 4. The molecule has 5 N–H and O–H groups in total. The minimum absolute atomic E-state index is 0.222. The first-order chi connectivity index (χ1) is 10.2. The van der Waals surface area contributed by atoms with Gasteiger partial charge < -0.3 is 16.4 Å². The smallest absolute Gasteiger partial charge is 0.352 e. The molecule has 0 saturated carbocycles. The van der Waals surface area contributed by atoms with E-state index in [1.807, 2.05) is 0 Å². The van der Waals surface area contributed by atoms with Crippen LogP contribution < -0.4 is 16.4 Å². The fraction of sp³-hybridized carbons (Fsp3) is 0.300. The Morgan fingerprint density at radius 3 is 2.64 bits per heavy atom. The molecule has 2 heterocycles. The molecular formula is C10H12N4O6S2. The van der Waals surface area contributed by atoms with Gasteiger partial charge in [0.05, 0.1) is 6.54 Å². The molecule has 22 heavy (non-hydrogen) atoms. The van der Waals surface area contributed by atoms with Crippen molar-refractivity contribution in [1.82, 2.24) is 14.9 Å². The van der Waals surface area contributed by atoms with Gasteiger partial charge in [0.1, 0.15) is 12.1 Å². The molecule has 0 unspecified atom stereocenters. The van der Waals surface area contributed by atoms with Gasteiger partial charge in [-0.25, -0.2) is 9.10 Å². The third kappa shape index (κ3) is 3.35. The Labute approximate surface area is 129 Å². The predicted molar refractivity (Wildman–Crippen MR) is 75.0 cm³/mol. The van der Waals surface area contributed by atoms with Crippen molar-refractivity contribution in [1.29, 1.82) is 0 Å². The van der Waals surface area contributed by atoms with Gasteiger partial charge in [0.25, 0.3) is 5.91 Å². The van der Waals surface area contributed by atoms with Crippen molar-refractivity contribution in [2.24, 2.45) is 5.73 Å². The van der Waals surface area contributed by atoms with Crippen LogP contribution in [0.4, 0.5) is 4.79 Å². The molecule has 4 amide bonds. The molecule has 0 spiro atoms. The summed E-state index contributed by atoms with van der Waals surface area (Å²) in [7, 11) is -4.62. The summed E-state index contributed by atoms with van der Waals surface area (Å²) in [4.78, 5) is 35.1. The number of rotatable bonds is 5. The van der Waals surface area contributed by atoms with Crippen LogP contribution in [0.3, 0.4) is 0 Å². The van der Waals surface area contributed by atoms with E-state index in [9.17, 15) is 22.8 Å². The number of carbonyl (C=O) groups is 3. The lowest BCUT2D eigenvalue weighted by atomic mass is 10.1. The molecule has 1 saturated heterocycles. The quantitative estimate of drug-likeness (QED) is 0.378. The van der Waals surface area contributed by atoms with Crippen LogP contribution in [0, 0.1) is 0 Å². The van der Waals surface area contributed by atoms with Crippen molar-refractivity contribution in [2.75, 3.05) is 6.54 Å². The molecule has 12 heteroatoms. The normalized spacial score (nSPS) is 19.2. The van der Waals surface area contributed by atoms with Crippen LogP contribution in [0.25, 0.3) is 0 Å². The maximum absolute atomic E-state index is 12.1. The number of hydrogen-bond acceptors (Lipinski definition) is 6. The van der Waals surface area contributed by atoms with Crippen LogP contribution in [0.5, 0.6) is 0 Å². The van der Waals surface area contributed by atoms with Crippen molar-refractivity contribution in [3.63, 3.8) is 0 Å². The zero-order valence-electron chi connectivity index (χ0n) is 10.9. The molecule has 2 rings (SSSR count). The second-order valence-corrected chi connectivity index (χ2v) is 6.68. The molecular weight excluding hydrogens is 336 g/mol. The summed E-state index contributed by atoms with van der Waals surface area (Å²) < 4.78 is 30.5. The fourth-order valence-electron chi connectivity index (χ4n) is 1.83. The number of nitrogens with two attached hydrogens (primary N) is 1. The molecule has 1 aliphatic heterocycles. The zero-order chi connectivity index (χ0) is 16.5. The van der Waals surface area contributed by atoms with Crippen LogP contribution in [-0.2, 0) is 19.9 Å². The molecule has 10 nitrogen and oxygen atoms in total. The van der Waals surface area contributed by atoms with Gasteiger partial charge in [-0.05, 0) is 11.4 Å². The van der Waals surface area contributed by atoms with E-state index in [4.69, 9.17) is 10.3 Å². The fourth-order valence-corrected chi connectivity index (χ4v) is 3.29. The van der Waals surface area contributed by atoms with Gasteiger partial charge in [-0.1, -0.05) is 6.07 Å². The molecule has 1 aliphatic rings. The lowest BCUT2D eigenvalue weighted by Crippen LogP contribution is -2.66. The van der Waals surface area contributed by atoms with E-state index in [1.165, 1.54) is 11.3 Å². The highest BCUT2D eigenvalue weighted by Gasteiger charge is 2.45. The number of primary amides is 1. The molecule has 0 aliphatic carbocycles. The molecule has 1 fully saturated rings. The van der Waals surface area contributed by atoms with Crippen LogP contribution in [0.1, 0.15) is 10.9 Å². The average Bonchev–Trinajstić information content (AvgIpc) is 2.91. The van der Waals surface area contributed by atoms with Crippen molar-refractivity contribution in [2.45, 2.75) is 12.1 Å². The van der Waals surface area contributed by atoms with E-state index in [1.54, 1.807) is 17.5 Å². The summed E-state index contributed by atoms with van der Waals surface area (Å²) in [6, 6.07) is 0.153. The minimum Gasteiger partial charge on any atom is -0.352 e. The molecule has 0 bridgehead atoms. The first-order valence-corrected chi connectivity index (χ1v) is 8.16. The number of β-lactam (4-membered cyclic amide) rings is 1. The topological polar surface area (TPSA) is 159 Å². The Kier molecular flexibility index (Phi) is 4.35. The van der Waals surface area contributed by atoms with Crippen molar-refractivity contribution < 1.29 is 27.4 Å². The Morgan fingerprint density at radius 1 is 1.50 bits per heavy atom. The van der Waals surface area contributed by atoms with Crippen LogP contribution >= 0.6 is 11.3 Å². The van der Waals surface area contributed by atoms with Gasteiger partial charge in [-0.15, -0.1) is 11.3 Å². The van der Waals surface area contributed by atoms with Crippen molar-refractivity contribution in [3.8, 4) is 0 Å². The maximum atomic E-state index is 12.1. The lowest BCUT2D eigenvalue weighted by Gasteiger charge is -2.35. The monoisotopic (exact) mass is 348 g/mol. The van der Waals surface area contributed by atoms with Gasteiger partial charge >= 0.3 is 16.3 Å². The molecule has 2 atom stereocenters. The highest BCUT2D eigenvalue weighted by molar-refractivity contribution is 7.84. The number of thiophene rings is 1. The van der Waals surface area contributed by atoms with Gasteiger partial charge in [-0.3, -0.25) is 14.1 Å². The summed E-state index contributed by atoms with van der Waals surface area (Å²) in [5.74, 6) is -1.67. The Morgan fingerprint density at radius 2 is 2.18 bits per heavy atom. The largest absolute Gasteiger partial charge is 0.362 e. The second-order valence-electron chi connectivity index (χ2n) is 4.37. The average molecular weight is 348 g/mol. The van der Waals surface area contributed by atoms with Crippen molar-refractivity contribution >= 4 is 39.5 Å². The summed E-state index contributed by atoms with van der Waals surface area (Å²) in [5, 5.41) is 6.22. The summed E-state index contributed by atoms with van der Waals surface area (Å²) >= 11 is 1.20. The number of hydrogen-bond donors (Lipinski definition) is 4. The third-order valence-corrected chi connectivity index (χ3v) is 4.69. The van der Waals surface area contributed by atoms with Crippen LogP contribution in [0.2, 0.25) is 0 Å². The molecule has 1 aromatic heterocycles. The standard InChI is InChI=1S/C10H12N4O6S2/c11-10(17)13-7(6-2-1-3-21-6)8(15)12-5-4-14(9(5)16)22(18,19)20/h1-3,5,7H,4H2,(H,12,15)(H3,11,13,17)(H,18,19,20)/t5-,7+/m0/s1. The lowest BCUT2D eigenvalue weighted by molar-refractivity contribution is -0.141. The highest BCUT2D eigenvalue weighted by Crippen LogP contribution is 2.21. The van der Waals surface area contributed by atoms with E-state index in [-0.39, 0.29) is 10.8 Å².